The summed E-state index contributed by atoms with van der Waals surface area (Å²) in [6.45, 7) is 1.79. The Kier molecular flexibility index (Phi) is 5.67. The van der Waals surface area contributed by atoms with Crippen LogP contribution >= 0.6 is 0 Å². The van der Waals surface area contributed by atoms with Crippen LogP contribution in [0.5, 0.6) is 0 Å². The molecule has 11 heteroatoms. The first-order chi connectivity index (χ1) is 18.4. The Labute approximate surface area is 216 Å². The highest BCUT2D eigenvalue weighted by molar-refractivity contribution is 6.02. The minimum Gasteiger partial charge on any atom is -0.343 e. The maximum atomic E-state index is 13.7. The summed E-state index contributed by atoms with van der Waals surface area (Å²) in [5.74, 6) is -1.44. The molecule has 0 radical (unpaired) electrons. The molecule has 2 unspecified atom stereocenters. The average Bonchev–Trinajstić information content (AvgIpc) is 3.62. The Hall–Kier alpha value is -4.93. The van der Waals surface area contributed by atoms with E-state index in [1.807, 2.05) is 24.3 Å². The van der Waals surface area contributed by atoms with Gasteiger partial charge in [0.05, 0.1) is 35.1 Å². The maximum Gasteiger partial charge on any atom is 0.289 e. The maximum absolute atomic E-state index is 13.7. The number of nitrogens with zero attached hydrogens (tertiary/aromatic N) is 7. The zero-order valence-corrected chi connectivity index (χ0v) is 20.6. The Morgan fingerprint density at radius 2 is 1.76 bits per heavy atom. The molecular formula is C27H23FN8O2. The average molecular weight is 511 g/mol. The highest BCUT2D eigenvalue weighted by Crippen LogP contribution is 2.40. The van der Waals surface area contributed by atoms with Crippen molar-refractivity contribution in [1.82, 2.24) is 34.8 Å². The molecule has 1 aliphatic heterocycles. The molecule has 38 heavy (non-hydrogen) atoms. The molecule has 2 amide bonds. The van der Waals surface area contributed by atoms with Crippen LogP contribution in [0.3, 0.4) is 0 Å². The van der Waals surface area contributed by atoms with Gasteiger partial charge >= 0.3 is 0 Å². The van der Waals surface area contributed by atoms with Crippen molar-refractivity contribution in [1.29, 1.82) is 0 Å². The van der Waals surface area contributed by atoms with Crippen molar-refractivity contribution in [3.8, 4) is 5.69 Å². The van der Waals surface area contributed by atoms with E-state index >= 15 is 0 Å². The lowest BCUT2D eigenvalue weighted by molar-refractivity contribution is -0.120. The fraction of sp³-hybridized carbons (Fsp3) is 0.185. The van der Waals surface area contributed by atoms with Gasteiger partial charge in [0, 0.05) is 36.7 Å². The number of fused-ring (bicyclic) bond motifs is 1. The van der Waals surface area contributed by atoms with Gasteiger partial charge in [-0.05, 0) is 54.6 Å². The molecule has 1 fully saturated rings. The third kappa shape index (κ3) is 3.97. The van der Waals surface area contributed by atoms with Crippen LogP contribution in [-0.4, -0.2) is 47.4 Å². The smallest absolute Gasteiger partial charge is 0.289 e. The summed E-state index contributed by atoms with van der Waals surface area (Å²) in [6, 6.07) is 14.0. The molecule has 4 heterocycles. The van der Waals surface area contributed by atoms with Gasteiger partial charge in [0.15, 0.2) is 0 Å². The Balaban J connectivity index is 1.39. The minimum atomic E-state index is -0.577. The minimum absolute atomic E-state index is 0.0278. The van der Waals surface area contributed by atoms with Crippen LogP contribution in [0.2, 0.25) is 0 Å². The predicted molar refractivity (Wildman–Crippen MR) is 137 cm³/mol. The van der Waals surface area contributed by atoms with Gasteiger partial charge in [0.2, 0.25) is 11.7 Å². The van der Waals surface area contributed by atoms with E-state index in [1.54, 1.807) is 58.8 Å². The second-order valence-corrected chi connectivity index (χ2v) is 9.20. The zero-order valence-electron chi connectivity index (χ0n) is 20.6. The zero-order chi connectivity index (χ0) is 26.4. The van der Waals surface area contributed by atoms with E-state index in [4.69, 9.17) is 0 Å². The number of benzene rings is 2. The summed E-state index contributed by atoms with van der Waals surface area (Å²) in [5, 5.41) is 12.8. The van der Waals surface area contributed by atoms with Crippen LogP contribution in [0.1, 0.15) is 29.3 Å². The van der Waals surface area contributed by atoms with E-state index < -0.39 is 23.9 Å². The van der Waals surface area contributed by atoms with Gasteiger partial charge in [-0.2, -0.15) is 10.2 Å². The van der Waals surface area contributed by atoms with E-state index in [9.17, 15) is 14.0 Å². The van der Waals surface area contributed by atoms with Crippen LogP contribution in [0, 0.1) is 11.7 Å². The predicted octanol–water partition coefficient (Wildman–Crippen LogP) is 3.21. The van der Waals surface area contributed by atoms with Gasteiger partial charge in [0.1, 0.15) is 11.9 Å². The van der Waals surface area contributed by atoms with E-state index in [2.05, 4.69) is 25.5 Å². The molecule has 190 valence electrons. The lowest BCUT2D eigenvalue weighted by Crippen LogP contribution is -2.42. The van der Waals surface area contributed by atoms with Crippen LogP contribution in [0.15, 0.2) is 79.4 Å². The normalized spacial score (nSPS) is 19.3. The van der Waals surface area contributed by atoms with Crippen LogP contribution in [0.4, 0.5) is 10.1 Å². The summed E-state index contributed by atoms with van der Waals surface area (Å²) in [7, 11) is 1.80. The number of halogens is 1. The highest BCUT2D eigenvalue weighted by atomic mass is 19.1. The molecule has 0 saturated carbocycles. The number of nitrogens with one attached hydrogen (secondary N) is 1. The quantitative estimate of drug-likeness (QED) is 0.389. The fourth-order valence-electron chi connectivity index (χ4n) is 4.93. The number of hydrogen-bond donors (Lipinski definition) is 1. The molecule has 3 atom stereocenters. The second kappa shape index (κ2) is 9.18. The molecule has 10 nitrogen and oxygen atoms in total. The molecule has 0 aliphatic carbocycles. The third-order valence-corrected chi connectivity index (χ3v) is 6.79. The molecule has 1 N–H and O–H groups in total. The fourth-order valence-corrected chi connectivity index (χ4v) is 4.93. The topological polar surface area (TPSA) is 111 Å². The van der Waals surface area contributed by atoms with E-state index in [0.29, 0.717) is 11.4 Å². The van der Waals surface area contributed by atoms with Gasteiger partial charge in [-0.15, -0.1) is 0 Å². The lowest BCUT2D eigenvalue weighted by atomic mass is 9.97. The van der Waals surface area contributed by atoms with Crippen molar-refractivity contribution < 1.29 is 14.0 Å². The molecule has 0 spiro atoms. The molecule has 2 aromatic carbocycles. The van der Waals surface area contributed by atoms with E-state index in [0.717, 1.165) is 16.6 Å². The number of carbonyl (C=O) groups is 2. The summed E-state index contributed by atoms with van der Waals surface area (Å²) < 4.78 is 16.8. The van der Waals surface area contributed by atoms with Crippen molar-refractivity contribution in [3.63, 3.8) is 0 Å². The first kappa shape index (κ1) is 23.5. The summed E-state index contributed by atoms with van der Waals surface area (Å²) in [4.78, 5) is 36.4. The SMILES string of the molecule is CC1C(=O)N(c2ccc3c(cnn3-c3ccc(F)cc3)c2)C(c2ccn(C)n2)[C@H]1NC(=O)c1ncccn1. The van der Waals surface area contributed by atoms with Crippen LogP contribution in [0.25, 0.3) is 16.6 Å². The van der Waals surface area contributed by atoms with Gasteiger partial charge in [-0.3, -0.25) is 14.3 Å². The molecule has 3 aromatic heterocycles. The van der Waals surface area contributed by atoms with Crippen molar-refractivity contribution in [3.05, 3.63) is 96.7 Å². The molecule has 0 bridgehead atoms. The number of amides is 2. The molecule has 1 aliphatic rings. The van der Waals surface area contributed by atoms with Gasteiger partial charge in [0.25, 0.3) is 5.91 Å². The summed E-state index contributed by atoms with van der Waals surface area (Å²) in [6.07, 6.45) is 6.49. The van der Waals surface area contributed by atoms with Crippen molar-refractivity contribution in [2.75, 3.05) is 4.90 Å². The number of hydrogen-bond acceptors (Lipinski definition) is 6. The summed E-state index contributed by atoms with van der Waals surface area (Å²) in [5.41, 5.74) is 2.82. The van der Waals surface area contributed by atoms with Gasteiger partial charge < -0.3 is 10.2 Å². The van der Waals surface area contributed by atoms with Crippen LogP contribution in [-0.2, 0) is 11.8 Å². The van der Waals surface area contributed by atoms with Crippen molar-refractivity contribution in [2.45, 2.75) is 19.0 Å². The standard InChI is InChI=1S/C27H23FN8O2/c1-16-23(32-26(37)25-29-11-3-12-30-25)24(21-10-13-34(2)33-21)35(27(16)38)20-8-9-22-17(14-20)15-31-36(22)19-6-4-18(28)5-7-19/h3-16,23-24H,1-2H3,(H,32,37)/t16?,23-,24?/m0/s1. The molecule has 1 saturated heterocycles. The number of rotatable bonds is 5. The van der Waals surface area contributed by atoms with E-state index in [1.165, 1.54) is 24.5 Å². The third-order valence-electron chi connectivity index (χ3n) is 6.79. The number of aryl methyl sites for hydroxylation is 1. The monoisotopic (exact) mass is 510 g/mol. The van der Waals surface area contributed by atoms with Gasteiger partial charge in [-0.25, -0.2) is 19.0 Å². The first-order valence-electron chi connectivity index (χ1n) is 12.0. The Morgan fingerprint density at radius 1 is 1.03 bits per heavy atom. The second-order valence-electron chi connectivity index (χ2n) is 9.20. The van der Waals surface area contributed by atoms with Crippen molar-refractivity contribution in [2.24, 2.45) is 13.0 Å². The summed E-state index contributed by atoms with van der Waals surface area (Å²) >= 11 is 0. The van der Waals surface area contributed by atoms with E-state index in [-0.39, 0.29) is 17.5 Å². The number of carbonyl (C=O) groups excluding carboxylic acids is 2. The first-order valence-corrected chi connectivity index (χ1v) is 12.0. The highest BCUT2D eigenvalue weighted by Gasteiger charge is 2.49. The number of anilines is 1. The van der Waals surface area contributed by atoms with Crippen molar-refractivity contribution >= 4 is 28.4 Å². The Morgan fingerprint density at radius 3 is 2.47 bits per heavy atom. The molecular weight excluding hydrogens is 487 g/mol. The number of aromatic nitrogens is 6. The lowest BCUT2D eigenvalue weighted by Gasteiger charge is -2.27. The molecule has 6 rings (SSSR count). The van der Waals surface area contributed by atoms with Gasteiger partial charge in [-0.1, -0.05) is 6.92 Å². The Bertz CT molecular complexity index is 1650. The largest absolute Gasteiger partial charge is 0.343 e. The molecule has 5 aromatic rings. The van der Waals surface area contributed by atoms with Crippen LogP contribution < -0.4 is 10.2 Å².